The zero-order valence-electron chi connectivity index (χ0n) is 13.8. The van der Waals surface area contributed by atoms with E-state index in [1.165, 1.54) is 5.56 Å². The molecule has 3 heteroatoms. The number of rotatable bonds is 6. The van der Waals surface area contributed by atoms with Crippen molar-refractivity contribution in [2.24, 2.45) is 0 Å². The van der Waals surface area contributed by atoms with Crippen molar-refractivity contribution in [1.82, 2.24) is 5.32 Å². The number of hydrogen-bond donors (Lipinski definition) is 2. The Labute approximate surface area is 138 Å². The molecule has 3 rings (SSSR count). The van der Waals surface area contributed by atoms with Gasteiger partial charge in [-0.3, -0.25) is 4.79 Å². The van der Waals surface area contributed by atoms with Gasteiger partial charge in [0.15, 0.2) is 0 Å². The molecule has 0 aliphatic heterocycles. The normalized spacial score (nSPS) is 15.3. The maximum absolute atomic E-state index is 12.7. The van der Waals surface area contributed by atoms with Crippen LogP contribution in [-0.4, -0.2) is 11.9 Å². The van der Waals surface area contributed by atoms with Crippen molar-refractivity contribution in [3.63, 3.8) is 0 Å². The van der Waals surface area contributed by atoms with Gasteiger partial charge >= 0.3 is 0 Å². The fourth-order valence-electron chi connectivity index (χ4n) is 2.75. The molecule has 2 N–H and O–H groups in total. The van der Waals surface area contributed by atoms with Crippen LogP contribution in [0.25, 0.3) is 0 Å². The van der Waals surface area contributed by atoms with Crippen molar-refractivity contribution in [2.75, 3.05) is 5.32 Å². The van der Waals surface area contributed by atoms with E-state index < -0.39 is 0 Å². The molecule has 0 bridgehead atoms. The van der Waals surface area contributed by atoms with Gasteiger partial charge in [0.2, 0.25) is 5.91 Å². The summed E-state index contributed by atoms with van der Waals surface area (Å²) in [6.07, 6.45) is 2.19. The highest BCUT2D eigenvalue weighted by atomic mass is 16.2. The number of carbonyl (C=O) groups excluding carboxylic acids is 1. The molecule has 1 saturated carbocycles. The van der Waals surface area contributed by atoms with Gasteiger partial charge in [-0.25, -0.2) is 0 Å². The van der Waals surface area contributed by atoms with Crippen molar-refractivity contribution < 1.29 is 4.79 Å². The zero-order valence-corrected chi connectivity index (χ0v) is 13.8. The number of anilines is 1. The van der Waals surface area contributed by atoms with Crippen molar-refractivity contribution in [2.45, 2.75) is 44.7 Å². The lowest BCUT2D eigenvalue weighted by molar-refractivity contribution is -0.122. The lowest BCUT2D eigenvalue weighted by atomic mass is 9.99. The molecule has 3 nitrogen and oxygen atoms in total. The van der Waals surface area contributed by atoms with Gasteiger partial charge in [0, 0.05) is 11.7 Å². The summed E-state index contributed by atoms with van der Waals surface area (Å²) in [5.74, 6) is 0.457. The summed E-state index contributed by atoms with van der Waals surface area (Å²) in [5, 5.41) is 6.59. The average molecular weight is 308 g/mol. The molecule has 0 spiro atoms. The Morgan fingerprint density at radius 2 is 1.65 bits per heavy atom. The van der Waals surface area contributed by atoms with Crippen molar-refractivity contribution in [1.29, 1.82) is 0 Å². The molecule has 1 aliphatic rings. The first-order chi connectivity index (χ1) is 11.1. The van der Waals surface area contributed by atoms with E-state index in [4.69, 9.17) is 0 Å². The highest BCUT2D eigenvalue weighted by Crippen LogP contribution is 2.28. The molecule has 1 fully saturated rings. The molecule has 2 aromatic carbocycles. The molecule has 23 heavy (non-hydrogen) atoms. The van der Waals surface area contributed by atoms with Gasteiger partial charge in [0.1, 0.15) is 6.04 Å². The number of hydrogen-bond acceptors (Lipinski definition) is 2. The SMILES string of the molecule is CC(C)c1ccccc1N[C@H](C(=O)NC1CC1)c1ccccc1. The minimum atomic E-state index is -0.364. The van der Waals surface area contributed by atoms with Crippen molar-refractivity contribution in [3.05, 3.63) is 65.7 Å². The number of benzene rings is 2. The maximum Gasteiger partial charge on any atom is 0.247 e. The molecule has 0 saturated heterocycles. The van der Waals surface area contributed by atoms with Crippen LogP contribution < -0.4 is 10.6 Å². The third kappa shape index (κ3) is 3.92. The Morgan fingerprint density at radius 1 is 1.00 bits per heavy atom. The molecule has 1 atom stereocenters. The van der Waals surface area contributed by atoms with E-state index in [1.54, 1.807) is 0 Å². The monoisotopic (exact) mass is 308 g/mol. The number of nitrogens with one attached hydrogen (secondary N) is 2. The molecule has 0 unspecified atom stereocenters. The third-order valence-electron chi connectivity index (χ3n) is 4.20. The van der Waals surface area contributed by atoms with Gasteiger partial charge in [0.25, 0.3) is 0 Å². The van der Waals surface area contributed by atoms with Crippen LogP contribution in [0.1, 0.15) is 49.8 Å². The Balaban J connectivity index is 1.88. The second-order valence-electron chi connectivity index (χ2n) is 6.51. The van der Waals surface area contributed by atoms with Crippen LogP contribution in [0.3, 0.4) is 0 Å². The van der Waals surface area contributed by atoms with Crippen molar-refractivity contribution >= 4 is 11.6 Å². The van der Waals surface area contributed by atoms with Crippen LogP contribution in [0, 0.1) is 0 Å². The number of amides is 1. The molecular weight excluding hydrogens is 284 g/mol. The van der Waals surface area contributed by atoms with E-state index in [2.05, 4.69) is 36.6 Å². The summed E-state index contributed by atoms with van der Waals surface area (Å²) in [6.45, 7) is 4.34. The van der Waals surface area contributed by atoms with Gasteiger partial charge in [0.05, 0.1) is 0 Å². The summed E-state index contributed by atoms with van der Waals surface area (Å²) >= 11 is 0. The molecule has 1 aliphatic carbocycles. The van der Waals surface area contributed by atoms with E-state index >= 15 is 0 Å². The van der Waals surface area contributed by atoms with Crippen LogP contribution in [-0.2, 0) is 4.79 Å². The van der Waals surface area contributed by atoms with E-state index in [0.29, 0.717) is 12.0 Å². The Kier molecular flexibility index (Phi) is 4.65. The van der Waals surface area contributed by atoms with Crippen molar-refractivity contribution in [3.8, 4) is 0 Å². The molecule has 0 heterocycles. The molecule has 1 amide bonds. The van der Waals surface area contributed by atoms with E-state index in [9.17, 15) is 4.79 Å². The standard InChI is InChI=1S/C20H24N2O/c1-14(2)17-10-6-7-11-18(17)22-19(15-8-4-3-5-9-15)20(23)21-16-12-13-16/h3-11,14,16,19,22H,12-13H2,1-2H3,(H,21,23)/t19-/m0/s1. The summed E-state index contributed by atoms with van der Waals surface area (Å²) in [4.78, 5) is 12.7. The van der Waals surface area contributed by atoms with Gasteiger partial charge in [-0.15, -0.1) is 0 Å². The van der Waals surface area contributed by atoms with E-state index in [1.807, 2.05) is 42.5 Å². The predicted molar refractivity (Wildman–Crippen MR) is 94.5 cm³/mol. The fraction of sp³-hybridized carbons (Fsp3) is 0.350. The lowest BCUT2D eigenvalue weighted by Crippen LogP contribution is -2.35. The fourth-order valence-corrected chi connectivity index (χ4v) is 2.75. The quantitative estimate of drug-likeness (QED) is 0.838. The summed E-state index contributed by atoms with van der Waals surface area (Å²) < 4.78 is 0. The lowest BCUT2D eigenvalue weighted by Gasteiger charge is -2.22. The number of para-hydroxylation sites is 1. The van der Waals surface area contributed by atoms with Crippen LogP contribution >= 0.6 is 0 Å². The first-order valence-electron chi connectivity index (χ1n) is 8.36. The number of carbonyl (C=O) groups is 1. The Hall–Kier alpha value is -2.29. The highest BCUT2D eigenvalue weighted by molar-refractivity contribution is 5.86. The van der Waals surface area contributed by atoms with Crippen LogP contribution in [0.4, 0.5) is 5.69 Å². The summed E-state index contributed by atoms with van der Waals surface area (Å²) in [5.41, 5.74) is 3.25. The largest absolute Gasteiger partial charge is 0.370 e. The second kappa shape index (κ2) is 6.86. The smallest absolute Gasteiger partial charge is 0.247 e. The van der Waals surface area contributed by atoms with Gasteiger partial charge in [-0.1, -0.05) is 62.4 Å². The third-order valence-corrected chi connectivity index (χ3v) is 4.20. The molecule has 0 radical (unpaired) electrons. The molecule has 120 valence electrons. The maximum atomic E-state index is 12.7. The topological polar surface area (TPSA) is 41.1 Å². The van der Waals surface area contributed by atoms with Gasteiger partial charge < -0.3 is 10.6 Å². The van der Waals surface area contributed by atoms with E-state index in [0.717, 1.165) is 24.1 Å². The zero-order chi connectivity index (χ0) is 16.2. The minimum Gasteiger partial charge on any atom is -0.370 e. The van der Waals surface area contributed by atoms with Gasteiger partial charge in [-0.05, 0) is 36.0 Å². The molecule has 2 aromatic rings. The predicted octanol–water partition coefficient (Wildman–Crippen LogP) is 4.24. The first-order valence-corrected chi connectivity index (χ1v) is 8.36. The summed E-state index contributed by atoms with van der Waals surface area (Å²) in [7, 11) is 0. The first kappa shape index (κ1) is 15.6. The Bertz CT molecular complexity index is 662. The Morgan fingerprint density at radius 3 is 2.30 bits per heavy atom. The van der Waals surface area contributed by atoms with Crippen LogP contribution in [0.5, 0.6) is 0 Å². The van der Waals surface area contributed by atoms with Crippen LogP contribution in [0.2, 0.25) is 0 Å². The average Bonchev–Trinajstić information content (AvgIpc) is 3.37. The molecule has 0 aromatic heterocycles. The van der Waals surface area contributed by atoms with Crippen LogP contribution in [0.15, 0.2) is 54.6 Å². The van der Waals surface area contributed by atoms with E-state index in [-0.39, 0.29) is 11.9 Å². The van der Waals surface area contributed by atoms with Gasteiger partial charge in [-0.2, -0.15) is 0 Å². The molecular formula is C20H24N2O. The second-order valence-corrected chi connectivity index (χ2v) is 6.51. The highest BCUT2D eigenvalue weighted by Gasteiger charge is 2.28. The summed E-state index contributed by atoms with van der Waals surface area (Å²) in [6, 6.07) is 18.1. The minimum absolute atomic E-state index is 0.0530.